The molecule has 0 aliphatic carbocycles. The third kappa shape index (κ3) is 5.44. The fraction of sp³-hybridized carbons (Fsp3) is 0.522. The smallest absolute Gasteiger partial charge is 0.224 e. The highest BCUT2D eigenvalue weighted by Crippen LogP contribution is 2.29. The molecule has 2 fully saturated rings. The fourth-order valence-corrected chi connectivity index (χ4v) is 4.10. The summed E-state index contributed by atoms with van der Waals surface area (Å²) in [6.07, 6.45) is 5.97. The van der Waals surface area contributed by atoms with E-state index >= 15 is 0 Å². The Bertz CT molecular complexity index is 895. The minimum absolute atomic E-state index is 0.0924. The highest BCUT2D eigenvalue weighted by molar-refractivity contribution is 5.79. The predicted octanol–water partition coefficient (Wildman–Crippen LogP) is 1.86. The van der Waals surface area contributed by atoms with Crippen molar-refractivity contribution < 1.29 is 14.3 Å². The molecule has 1 amide bonds. The molecule has 0 spiro atoms. The number of benzene rings is 1. The van der Waals surface area contributed by atoms with Gasteiger partial charge in [-0.15, -0.1) is 0 Å². The van der Waals surface area contributed by atoms with Gasteiger partial charge in [0.05, 0.1) is 19.6 Å². The van der Waals surface area contributed by atoms with Gasteiger partial charge in [-0.2, -0.15) is 0 Å². The highest BCUT2D eigenvalue weighted by Gasteiger charge is 2.32. The molecule has 2 saturated heterocycles. The molecule has 1 aromatic heterocycles. The maximum Gasteiger partial charge on any atom is 0.224 e. The van der Waals surface area contributed by atoms with E-state index in [1.54, 1.807) is 13.3 Å². The summed E-state index contributed by atoms with van der Waals surface area (Å²) >= 11 is 0. The van der Waals surface area contributed by atoms with Gasteiger partial charge in [-0.3, -0.25) is 4.79 Å². The van der Waals surface area contributed by atoms with Crippen LogP contribution in [-0.4, -0.2) is 67.2 Å². The van der Waals surface area contributed by atoms with Crippen molar-refractivity contribution in [2.75, 3.05) is 51.3 Å². The lowest BCUT2D eigenvalue weighted by Gasteiger charge is -2.38. The summed E-state index contributed by atoms with van der Waals surface area (Å²) in [5.74, 6) is 2.70. The van der Waals surface area contributed by atoms with E-state index in [1.807, 2.05) is 29.2 Å². The number of aromatic nitrogens is 2. The number of carbonyl (C=O) groups excluding carboxylic acids is 1. The lowest BCUT2D eigenvalue weighted by molar-refractivity contribution is -0.122. The third-order valence-corrected chi connectivity index (χ3v) is 5.96. The van der Waals surface area contributed by atoms with E-state index in [-0.39, 0.29) is 11.8 Å². The van der Waals surface area contributed by atoms with Crippen LogP contribution < -0.4 is 20.1 Å². The summed E-state index contributed by atoms with van der Waals surface area (Å²) in [6, 6.07) is 7.82. The van der Waals surface area contributed by atoms with Crippen molar-refractivity contribution in [1.29, 1.82) is 0 Å². The molecule has 8 nitrogen and oxygen atoms in total. The number of ether oxygens (including phenoxy) is 2. The van der Waals surface area contributed by atoms with Crippen LogP contribution >= 0.6 is 0 Å². The Morgan fingerprint density at radius 1 is 1.19 bits per heavy atom. The molecule has 31 heavy (non-hydrogen) atoms. The Hall–Kier alpha value is -2.87. The lowest BCUT2D eigenvalue weighted by atomic mass is 10.00. The van der Waals surface area contributed by atoms with Crippen molar-refractivity contribution in [2.24, 2.45) is 11.7 Å². The van der Waals surface area contributed by atoms with Crippen molar-refractivity contribution in [2.45, 2.75) is 25.7 Å². The van der Waals surface area contributed by atoms with Crippen molar-refractivity contribution in [3.05, 3.63) is 41.9 Å². The highest BCUT2D eigenvalue weighted by atomic mass is 16.5. The van der Waals surface area contributed by atoms with Gasteiger partial charge in [0.25, 0.3) is 0 Å². The van der Waals surface area contributed by atoms with Gasteiger partial charge in [-0.1, -0.05) is 6.07 Å². The van der Waals surface area contributed by atoms with E-state index < -0.39 is 0 Å². The van der Waals surface area contributed by atoms with Crippen LogP contribution in [0.4, 0.5) is 5.82 Å². The second-order valence-corrected chi connectivity index (χ2v) is 8.25. The van der Waals surface area contributed by atoms with E-state index in [9.17, 15) is 4.79 Å². The number of amides is 1. The van der Waals surface area contributed by atoms with E-state index in [4.69, 9.17) is 15.2 Å². The average molecular weight is 426 g/mol. The van der Waals surface area contributed by atoms with Crippen LogP contribution in [-0.2, 0) is 11.2 Å². The average Bonchev–Trinajstić information content (AvgIpc) is 3.24. The number of nitrogens with zero attached hydrogens (tertiary/aromatic N) is 4. The van der Waals surface area contributed by atoms with Crippen molar-refractivity contribution >= 4 is 11.7 Å². The summed E-state index contributed by atoms with van der Waals surface area (Å²) < 4.78 is 11.5. The predicted molar refractivity (Wildman–Crippen MR) is 119 cm³/mol. The molecule has 0 unspecified atom stereocenters. The molecule has 2 aliphatic rings. The Labute approximate surface area is 183 Å². The summed E-state index contributed by atoms with van der Waals surface area (Å²) in [5, 5.41) is 0. The largest absolute Gasteiger partial charge is 0.493 e. The SMILES string of the molecule is COc1ccc(Cc2nccc(N3CC(C(N)=O)C3)n2)cc1OCCCN1CCCC1. The van der Waals surface area contributed by atoms with Crippen LogP contribution in [0.25, 0.3) is 0 Å². The summed E-state index contributed by atoms with van der Waals surface area (Å²) in [7, 11) is 1.66. The normalized spacial score (nSPS) is 16.9. The van der Waals surface area contributed by atoms with Crippen LogP contribution in [0.2, 0.25) is 0 Å². The number of likely N-dealkylation sites (tertiary alicyclic amines) is 1. The lowest BCUT2D eigenvalue weighted by Crippen LogP contribution is -2.52. The number of rotatable bonds is 10. The number of anilines is 1. The van der Waals surface area contributed by atoms with Crippen molar-refractivity contribution in [1.82, 2.24) is 14.9 Å². The minimum atomic E-state index is -0.253. The Morgan fingerprint density at radius 3 is 2.74 bits per heavy atom. The van der Waals surface area contributed by atoms with Crippen LogP contribution in [0.3, 0.4) is 0 Å². The first-order valence-electron chi connectivity index (χ1n) is 11.0. The second-order valence-electron chi connectivity index (χ2n) is 8.25. The Balaban J connectivity index is 1.35. The van der Waals surface area contributed by atoms with Gasteiger partial charge < -0.3 is 25.0 Å². The third-order valence-electron chi connectivity index (χ3n) is 5.96. The molecule has 2 aromatic rings. The van der Waals surface area contributed by atoms with Crippen LogP contribution in [0, 0.1) is 5.92 Å². The number of carbonyl (C=O) groups is 1. The van der Waals surface area contributed by atoms with Gasteiger partial charge in [0.1, 0.15) is 11.6 Å². The molecule has 0 atom stereocenters. The molecule has 8 heteroatoms. The molecule has 0 bridgehead atoms. The fourth-order valence-electron chi connectivity index (χ4n) is 4.10. The summed E-state index contributed by atoms with van der Waals surface area (Å²) in [5.41, 5.74) is 6.42. The van der Waals surface area contributed by atoms with Gasteiger partial charge in [0.2, 0.25) is 5.91 Å². The summed E-state index contributed by atoms with van der Waals surface area (Å²) in [6.45, 7) is 5.39. The topological polar surface area (TPSA) is 93.8 Å². The molecule has 0 radical (unpaired) electrons. The van der Waals surface area contributed by atoms with Gasteiger partial charge in [0, 0.05) is 32.3 Å². The maximum absolute atomic E-state index is 11.3. The summed E-state index contributed by atoms with van der Waals surface area (Å²) in [4.78, 5) is 24.9. The van der Waals surface area contributed by atoms with Crippen molar-refractivity contribution in [3.63, 3.8) is 0 Å². The van der Waals surface area contributed by atoms with Gasteiger partial charge >= 0.3 is 0 Å². The second kappa shape index (κ2) is 9.96. The van der Waals surface area contributed by atoms with E-state index in [0.29, 0.717) is 26.1 Å². The quantitative estimate of drug-likeness (QED) is 0.581. The molecule has 4 rings (SSSR count). The number of methoxy groups -OCH3 is 1. The molecule has 0 saturated carbocycles. The van der Waals surface area contributed by atoms with Gasteiger partial charge in [-0.25, -0.2) is 9.97 Å². The minimum Gasteiger partial charge on any atom is -0.493 e. The van der Waals surface area contributed by atoms with Crippen molar-refractivity contribution in [3.8, 4) is 11.5 Å². The number of hydrogen-bond acceptors (Lipinski definition) is 7. The Morgan fingerprint density at radius 2 is 2.00 bits per heavy atom. The molecule has 1 aromatic carbocycles. The molecule has 166 valence electrons. The number of hydrogen-bond donors (Lipinski definition) is 1. The van der Waals surface area contributed by atoms with E-state index in [0.717, 1.165) is 41.7 Å². The molecule has 2 N–H and O–H groups in total. The first-order chi connectivity index (χ1) is 15.1. The molecular weight excluding hydrogens is 394 g/mol. The van der Waals surface area contributed by atoms with Gasteiger partial charge in [-0.05, 0) is 56.1 Å². The molecule has 2 aliphatic heterocycles. The zero-order valence-corrected chi connectivity index (χ0v) is 18.1. The van der Waals surface area contributed by atoms with Crippen LogP contribution in [0.15, 0.2) is 30.5 Å². The van der Waals surface area contributed by atoms with E-state index in [1.165, 1.54) is 25.9 Å². The zero-order chi connectivity index (χ0) is 21.6. The standard InChI is InChI=1S/C23H31N5O3/c1-30-19-6-5-17(13-20(19)31-12-4-11-27-9-2-3-10-27)14-21-25-8-7-22(26-21)28-15-18(16-28)23(24)29/h5-8,13,18H,2-4,9-12,14-16H2,1H3,(H2,24,29). The number of nitrogens with two attached hydrogens (primary N) is 1. The van der Waals surface area contributed by atoms with Crippen LogP contribution in [0.5, 0.6) is 11.5 Å². The zero-order valence-electron chi connectivity index (χ0n) is 18.1. The molecule has 3 heterocycles. The first-order valence-corrected chi connectivity index (χ1v) is 11.0. The van der Waals surface area contributed by atoms with Gasteiger partial charge in [0.15, 0.2) is 11.5 Å². The van der Waals surface area contributed by atoms with E-state index in [2.05, 4.69) is 14.9 Å². The van der Waals surface area contributed by atoms with Crippen LogP contribution in [0.1, 0.15) is 30.7 Å². The Kier molecular flexibility index (Phi) is 6.86. The molecular formula is C23H31N5O3. The number of primary amides is 1. The maximum atomic E-state index is 11.3. The first kappa shape index (κ1) is 21.4. The monoisotopic (exact) mass is 425 g/mol.